The Balaban J connectivity index is 1.53. The number of aromatic nitrogens is 2. The molecule has 7 nitrogen and oxygen atoms in total. The van der Waals surface area contributed by atoms with Gasteiger partial charge in [0.2, 0.25) is 0 Å². The molecule has 3 heterocycles. The van der Waals surface area contributed by atoms with Gasteiger partial charge in [0, 0.05) is 45.5 Å². The van der Waals surface area contributed by atoms with Crippen LogP contribution in [0.15, 0.2) is 18.3 Å². The maximum atomic E-state index is 12.7. The van der Waals surface area contributed by atoms with E-state index in [9.17, 15) is 4.79 Å². The Hall–Kier alpha value is -1.73. The van der Waals surface area contributed by atoms with Crippen molar-refractivity contribution in [2.75, 3.05) is 51.3 Å². The summed E-state index contributed by atoms with van der Waals surface area (Å²) in [5.74, 6) is 1.03. The molecule has 0 bridgehead atoms. The van der Waals surface area contributed by atoms with Gasteiger partial charge in [0.05, 0.1) is 6.61 Å². The third kappa shape index (κ3) is 3.84. The second kappa shape index (κ2) is 7.90. The molecule has 7 heteroatoms. The number of morpholine rings is 1. The van der Waals surface area contributed by atoms with Crippen LogP contribution in [0.2, 0.25) is 0 Å². The molecule has 0 saturated carbocycles. The Morgan fingerprint density at radius 2 is 2.17 bits per heavy atom. The average Bonchev–Trinajstić information content (AvgIpc) is 2.67. The summed E-state index contributed by atoms with van der Waals surface area (Å²) in [6, 6.07) is 4.16. The highest BCUT2D eigenvalue weighted by Gasteiger charge is 2.32. The lowest BCUT2D eigenvalue weighted by atomic mass is 10.0. The fraction of sp³-hybridized carbons (Fsp3) is 0.706. The Morgan fingerprint density at radius 3 is 2.83 bits per heavy atom. The zero-order valence-corrected chi connectivity index (χ0v) is 14.6. The Labute approximate surface area is 143 Å². The van der Waals surface area contributed by atoms with Crippen molar-refractivity contribution >= 4 is 11.7 Å². The van der Waals surface area contributed by atoms with Crippen LogP contribution < -0.4 is 4.90 Å². The molecule has 2 saturated heterocycles. The van der Waals surface area contributed by atoms with Gasteiger partial charge in [-0.15, -0.1) is 5.10 Å². The van der Waals surface area contributed by atoms with Crippen molar-refractivity contribution in [3.63, 3.8) is 0 Å². The molecule has 2 fully saturated rings. The molecule has 24 heavy (non-hydrogen) atoms. The van der Waals surface area contributed by atoms with Crippen LogP contribution in [0.5, 0.6) is 0 Å². The number of amides is 1. The number of anilines is 1. The molecule has 1 unspecified atom stereocenters. The van der Waals surface area contributed by atoms with Crippen LogP contribution in [0.4, 0.5) is 5.82 Å². The standard InChI is InChI=1S/C17H27N5O2/c1-3-21-11-12-24-15(13-21)17(23)20(2)14-6-9-22(10-7-14)16-5-4-8-18-19-16/h4-5,8,14-15H,3,6-7,9-13H2,1-2H3. The molecule has 1 amide bonds. The van der Waals surface area contributed by atoms with Gasteiger partial charge in [-0.3, -0.25) is 9.69 Å². The van der Waals surface area contributed by atoms with E-state index in [1.165, 1.54) is 0 Å². The molecule has 132 valence electrons. The number of carbonyl (C=O) groups is 1. The number of hydrogen-bond acceptors (Lipinski definition) is 6. The molecule has 1 atom stereocenters. The molecule has 0 spiro atoms. The third-order valence-electron chi connectivity index (χ3n) is 5.12. The van der Waals surface area contributed by atoms with Crippen LogP contribution in [0, 0.1) is 0 Å². The fourth-order valence-electron chi connectivity index (χ4n) is 3.49. The van der Waals surface area contributed by atoms with Crippen LogP contribution in [0.1, 0.15) is 19.8 Å². The van der Waals surface area contributed by atoms with Crippen LogP contribution in [-0.2, 0) is 9.53 Å². The van der Waals surface area contributed by atoms with Crippen molar-refractivity contribution in [3.05, 3.63) is 18.3 Å². The maximum absolute atomic E-state index is 12.7. The second-order valence-corrected chi connectivity index (χ2v) is 6.50. The lowest BCUT2D eigenvalue weighted by Gasteiger charge is -2.39. The Bertz CT molecular complexity index is 533. The minimum atomic E-state index is -0.318. The van der Waals surface area contributed by atoms with Gasteiger partial charge in [-0.2, -0.15) is 5.10 Å². The van der Waals surface area contributed by atoms with E-state index in [4.69, 9.17) is 4.74 Å². The number of carbonyl (C=O) groups excluding carboxylic acids is 1. The van der Waals surface area contributed by atoms with Crippen molar-refractivity contribution in [1.82, 2.24) is 20.0 Å². The van der Waals surface area contributed by atoms with E-state index in [0.29, 0.717) is 13.2 Å². The van der Waals surface area contributed by atoms with E-state index in [1.807, 2.05) is 24.1 Å². The average molecular weight is 333 g/mol. The van der Waals surface area contributed by atoms with E-state index in [2.05, 4.69) is 26.9 Å². The largest absolute Gasteiger partial charge is 0.366 e. The monoisotopic (exact) mass is 333 g/mol. The molecule has 0 aliphatic carbocycles. The molecule has 2 aliphatic heterocycles. The van der Waals surface area contributed by atoms with Gasteiger partial charge in [0.25, 0.3) is 5.91 Å². The van der Waals surface area contributed by atoms with Gasteiger partial charge in [0.15, 0.2) is 5.82 Å². The van der Waals surface area contributed by atoms with Crippen molar-refractivity contribution in [3.8, 4) is 0 Å². The van der Waals surface area contributed by atoms with Gasteiger partial charge >= 0.3 is 0 Å². The minimum absolute atomic E-state index is 0.117. The number of rotatable bonds is 4. The summed E-state index contributed by atoms with van der Waals surface area (Å²) in [5.41, 5.74) is 0. The van der Waals surface area contributed by atoms with E-state index in [0.717, 1.165) is 44.8 Å². The van der Waals surface area contributed by atoms with E-state index < -0.39 is 0 Å². The van der Waals surface area contributed by atoms with E-state index in [1.54, 1.807) is 6.20 Å². The molecular formula is C17H27N5O2. The molecule has 1 aromatic rings. The van der Waals surface area contributed by atoms with E-state index in [-0.39, 0.29) is 18.1 Å². The highest BCUT2D eigenvalue weighted by molar-refractivity contribution is 5.81. The molecule has 0 aromatic carbocycles. The first-order valence-electron chi connectivity index (χ1n) is 8.82. The highest BCUT2D eigenvalue weighted by Crippen LogP contribution is 2.21. The predicted octanol–water partition coefficient (Wildman–Crippen LogP) is 0.625. The lowest BCUT2D eigenvalue weighted by Crippen LogP contribution is -2.54. The fourth-order valence-corrected chi connectivity index (χ4v) is 3.49. The molecular weight excluding hydrogens is 306 g/mol. The number of ether oxygens (including phenoxy) is 1. The van der Waals surface area contributed by atoms with Gasteiger partial charge < -0.3 is 14.5 Å². The first-order valence-corrected chi connectivity index (χ1v) is 8.82. The summed E-state index contributed by atoms with van der Waals surface area (Å²) in [6.45, 7) is 7.15. The minimum Gasteiger partial charge on any atom is -0.366 e. The van der Waals surface area contributed by atoms with Gasteiger partial charge in [0.1, 0.15) is 6.10 Å². The summed E-state index contributed by atoms with van der Waals surface area (Å²) < 4.78 is 5.71. The number of nitrogens with zero attached hydrogens (tertiary/aromatic N) is 5. The number of likely N-dealkylation sites (N-methyl/N-ethyl adjacent to an activating group) is 2. The van der Waals surface area contributed by atoms with Crippen LogP contribution in [0.3, 0.4) is 0 Å². The van der Waals surface area contributed by atoms with Crippen molar-refractivity contribution < 1.29 is 9.53 Å². The summed E-state index contributed by atoms with van der Waals surface area (Å²) in [6.07, 6.45) is 3.26. The van der Waals surface area contributed by atoms with Gasteiger partial charge in [-0.25, -0.2) is 0 Å². The smallest absolute Gasteiger partial charge is 0.253 e. The normalized spacial score (nSPS) is 23.2. The molecule has 0 radical (unpaired) electrons. The maximum Gasteiger partial charge on any atom is 0.253 e. The number of hydrogen-bond donors (Lipinski definition) is 0. The van der Waals surface area contributed by atoms with Crippen molar-refractivity contribution in [2.24, 2.45) is 0 Å². The predicted molar refractivity (Wildman–Crippen MR) is 91.9 cm³/mol. The molecule has 0 N–H and O–H groups in total. The molecule has 2 aliphatic rings. The van der Waals surface area contributed by atoms with E-state index >= 15 is 0 Å². The second-order valence-electron chi connectivity index (χ2n) is 6.50. The first-order chi connectivity index (χ1) is 11.7. The van der Waals surface area contributed by atoms with Gasteiger partial charge in [-0.1, -0.05) is 6.92 Å². The third-order valence-corrected chi connectivity index (χ3v) is 5.12. The Morgan fingerprint density at radius 1 is 1.38 bits per heavy atom. The summed E-state index contributed by atoms with van der Waals surface area (Å²) in [5, 5.41) is 8.11. The van der Waals surface area contributed by atoms with Crippen molar-refractivity contribution in [2.45, 2.75) is 31.9 Å². The topological polar surface area (TPSA) is 61.8 Å². The molecule has 1 aromatic heterocycles. The van der Waals surface area contributed by atoms with Crippen molar-refractivity contribution in [1.29, 1.82) is 0 Å². The summed E-state index contributed by atoms with van der Waals surface area (Å²) in [4.78, 5) is 19.2. The van der Waals surface area contributed by atoms with Crippen LogP contribution in [0.25, 0.3) is 0 Å². The quantitative estimate of drug-likeness (QED) is 0.805. The SMILES string of the molecule is CCN1CCOC(C(=O)N(C)C2CCN(c3cccnn3)CC2)C1. The van der Waals surface area contributed by atoms with Gasteiger partial charge in [-0.05, 0) is 31.5 Å². The zero-order chi connectivity index (χ0) is 16.9. The zero-order valence-electron chi connectivity index (χ0n) is 14.6. The van der Waals surface area contributed by atoms with Crippen LogP contribution in [-0.4, -0.2) is 84.4 Å². The molecule has 3 rings (SSSR count). The summed E-state index contributed by atoms with van der Waals surface area (Å²) >= 11 is 0. The first kappa shape index (κ1) is 17.1. The van der Waals surface area contributed by atoms with Crippen LogP contribution >= 0.6 is 0 Å². The Kier molecular flexibility index (Phi) is 5.63. The number of piperidine rings is 1. The highest BCUT2D eigenvalue weighted by atomic mass is 16.5. The summed E-state index contributed by atoms with van der Waals surface area (Å²) in [7, 11) is 1.92. The lowest BCUT2D eigenvalue weighted by molar-refractivity contribution is -0.150.